The summed E-state index contributed by atoms with van der Waals surface area (Å²) in [7, 11) is 1.67. The Hall–Kier alpha value is -3.68. The zero-order chi connectivity index (χ0) is 26.6. The van der Waals surface area contributed by atoms with Gasteiger partial charge >= 0.3 is 6.09 Å². The molecule has 8 heteroatoms. The third-order valence-corrected chi connectivity index (χ3v) is 6.82. The van der Waals surface area contributed by atoms with Crippen molar-refractivity contribution in [3.63, 3.8) is 0 Å². The molecule has 1 fully saturated rings. The van der Waals surface area contributed by atoms with Crippen LogP contribution < -0.4 is 5.32 Å². The Morgan fingerprint density at radius 3 is 2.30 bits per heavy atom. The van der Waals surface area contributed by atoms with Gasteiger partial charge < -0.3 is 15.0 Å². The maximum atomic E-state index is 13.9. The van der Waals surface area contributed by atoms with Crippen LogP contribution in [-0.2, 0) is 27.2 Å². The maximum Gasteiger partial charge on any atom is 0.408 e. The van der Waals surface area contributed by atoms with Gasteiger partial charge in [0, 0.05) is 26.6 Å². The molecule has 0 saturated carbocycles. The molecular weight excluding hydrogens is 468 g/mol. The molecule has 2 heterocycles. The molecule has 196 valence electrons. The smallest absolute Gasteiger partial charge is 0.408 e. The lowest BCUT2D eigenvalue weighted by Crippen LogP contribution is -2.59. The summed E-state index contributed by atoms with van der Waals surface area (Å²) in [6.45, 7) is 6.02. The number of hydrogen-bond donors (Lipinski definition) is 1. The van der Waals surface area contributed by atoms with Crippen molar-refractivity contribution in [2.45, 2.75) is 58.1 Å². The van der Waals surface area contributed by atoms with E-state index in [1.807, 2.05) is 60.7 Å². The Morgan fingerprint density at radius 2 is 1.68 bits per heavy atom. The van der Waals surface area contributed by atoms with Gasteiger partial charge in [-0.3, -0.25) is 9.59 Å². The number of benzene rings is 2. The summed E-state index contributed by atoms with van der Waals surface area (Å²) in [5.74, 6) is -0.319. The minimum atomic E-state index is -0.903. The summed E-state index contributed by atoms with van der Waals surface area (Å²) in [5.41, 5.74) is 1.32. The third kappa shape index (κ3) is 6.18. The van der Waals surface area contributed by atoms with Crippen molar-refractivity contribution >= 4 is 23.6 Å². The average Bonchev–Trinajstić information content (AvgIpc) is 3.10. The van der Waals surface area contributed by atoms with E-state index in [0.29, 0.717) is 32.2 Å². The fourth-order valence-electron chi connectivity index (χ4n) is 5.10. The van der Waals surface area contributed by atoms with Gasteiger partial charge in [0.25, 0.3) is 5.91 Å². The van der Waals surface area contributed by atoms with E-state index in [-0.39, 0.29) is 18.4 Å². The standard InChI is InChI=1S/C29H36N4O4/c1-28(2,3)37-27(36)30-23(16-15-21-11-7-5-8-12-21)25(34)33-18-17-24-29(20-33,26(35)32(4)31-24)19-22-13-9-6-10-14-22/h5-14,23H,15-20H2,1-4H3,(H,30,36)/t23-,29-/m1/s1. The molecule has 0 spiro atoms. The molecule has 1 saturated heterocycles. The van der Waals surface area contributed by atoms with E-state index < -0.39 is 23.2 Å². The molecule has 2 aromatic rings. The minimum absolute atomic E-state index is 0.107. The zero-order valence-electron chi connectivity index (χ0n) is 22.1. The summed E-state index contributed by atoms with van der Waals surface area (Å²) < 4.78 is 5.46. The Bertz CT molecular complexity index is 1160. The Labute approximate surface area is 218 Å². The third-order valence-electron chi connectivity index (χ3n) is 6.82. The number of nitrogens with zero attached hydrogens (tertiary/aromatic N) is 3. The quantitative estimate of drug-likeness (QED) is 0.621. The predicted octanol–water partition coefficient (Wildman–Crippen LogP) is 3.80. The van der Waals surface area contributed by atoms with Crippen LogP contribution in [-0.4, -0.2) is 65.3 Å². The van der Waals surface area contributed by atoms with Crippen LogP contribution in [0.2, 0.25) is 0 Å². The zero-order valence-corrected chi connectivity index (χ0v) is 22.1. The van der Waals surface area contributed by atoms with E-state index in [2.05, 4.69) is 10.4 Å². The normalized spacial score (nSPS) is 20.2. The van der Waals surface area contributed by atoms with Crippen LogP contribution in [0.15, 0.2) is 65.8 Å². The van der Waals surface area contributed by atoms with Crippen molar-refractivity contribution < 1.29 is 19.1 Å². The second-order valence-electron chi connectivity index (χ2n) is 10.9. The lowest BCUT2D eigenvalue weighted by Gasteiger charge is -2.40. The largest absolute Gasteiger partial charge is 0.444 e. The van der Waals surface area contributed by atoms with E-state index >= 15 is 0 Å². The van der Waals surface area contributed by atoms with Gasteiger partial charge in [-0.05, 0) is 51.2 Å². The van der Waals surface area contributed by atoms with Crippen LogP contribution in [0.25, 0.3) is 0 Å². The summed E-state index contributed by atoms with van der Waals surface area (Å²) in [6, 6.07) is 18.9. The number of amides is 3. The molecule has 4 rings (SSSR count). The van der Waals surface area contributed by atoms with Crippen LogP contribution >= 0.6 is 0 Å². The number of nitrogens with one attached hydrogen (secondary N) is 1. The minimum Gasteiger partial charge on any atom is -0.444 e. The number of fused-ring (bicyclic) bond motifs is 1. The van der Waals surface area contributed by atoms with E-state index in [1.54, 1.807) is 32.7 Å². The average molecular weight is 505 g/mol. The van der Waals surface area contributed by atoms with Crippen molar-refractivity contribution in [3.8, 4) is 0 Å². The van der Waals surface area contributed by atoms with Crippen molar-refractivity contribution in [2.75, 3.05) is 20.1 Å². The molecule has 8 nitrogen and oxygen atoms in total. The van der Waals surface area contributed by atoms with Crippen molar-refractivity contribution in [2.24, 2.45) is 10.5 Å². The highest BCUT2D eigenvalue weighted by atomic mass is 16.6. The van der Waals surface area contributed by atoms with Crippen LogP contribution in [0.4, 0.5) is 4.79 Å². The van der Waals surface area contributed by atoms with Gasteiger partial charge in [0.2, 0.25) is 5.91 Å². The number of rotatable bonds is 7. The molecule has 2 atom stereocenters. The number of hydrogen-bond acceptors (Lipinski definition) is 5. The fraction of sp³-hybridized carbons (Fsp3) is 0.448. The lowest BCUT2D eigenvalue weighted by atomic mass is 9.73. The Kier molecular flexibility index (Phi) is 7.66. The lowest BCUT2D eigenvalue weighted by molar-refractivity contribution is -0.140. The van der Waals surface area contributed by atoms with Crippen LogP contribution in [0, 0.1) is 5.41 Å². The first kappa shape index (κ1) is 26.4. The van der Waals surface area contributed by atoms with Crippen LogP contribution in [0.5, 0.6) is 0 Å². The second kappa shape index (κ2) is 10.7. The molecule has 0 bridgehead atoms. The van der Waals surface area contributed by atoms with Gasteiger partial charge in [-0.1, -0.05) is 60.7 Å². The molecule has 0 aromatic heterocycles. The van der Waals surface area contributed by atoms with Crippen molar-refractivity contribution in [1.29, 1.82) is 0 Å². The molecule has 0 aliphatic carbocycles. The summed E-state index contributed by atoms with van der Waals surface area (Å²) in [6.07, 6.45) is 1.37. The van der Waals surface area contributed by atoms with Crippen LogP contribution in [0.3, 0.4) is 0 Å². The molecule has 0 radical (unpaired) electrons. The molecule has 2 aromatic carbocycles. The molecule has 37 heavy (non-hydrogen) atoms. The maximum absolute atomic E-state index is 13.9. The fourth-order valence-corrected chi connectivity index (χ4v) is 5.10. The topological polar surface area (TPSA) is 91.3 Å². The molecular formula is C29H36N4O4. The van der Waals surface area contributed by atoms with Gasteiger partial charge in [0.1, 0.15) is 17.1 Å². The van der Waals surface area contributed by atoms with E-state index in [0.717, 1.165) is 16.8 Å². The first-order valence-corrected chi connectivity index (χ1v) is 12.8. The van der Waals surface area contributed by atoms with Crippen molar-refractivity contribution in [1.82, 2.24) is 15.2 Å². The number of likely N-dealkylation sites (tertiary alicyclic amines) is 1. The Morgan fingerprint density at radius 1 is 1.05 bits per heavy atom. The summed E-state index contributed by atoms with van der Waals surface area (Å²) in [4.78, 5) is 41.7. The molecule has 2 aliphatic rings. The Balaban J connectivity index is 1.56. The molecule has 0 unspecified atom stereocenters. The van der Waals surface area contributed by atoms with Gasteiger partial charge in [0.15, 0.2) is 0 Å². The van der Waals surface area contributed by atoms with Gasteiger partial charge in [-0.2, -0.15) is 5.10 Å². The number of carbonyl (C=O) groups excluding carboxylic acids is 3. The molecule has 3 amide bonds. The van der Waals surface area contributed by atoms with E-state index in [1.165, 1.54) is 5.01 Å². The number of carbonyl (C=O) groups is 3. The SMILES string of the molecule is CN1N=C2CCN(C(=O)[C@@H](CCc3ccccc3)NC(=O)OC(C)(C)C)C[C@@]2(Cc2ccccc2)C1=O. The highest BCUT2D eigenvalue weighted by Gasteiger charge is 2.53. The highest BCUT2D eigenvalue weighted by molar-refractivity contribution is 6.13. The van der Waals surface area contributed by atoms with Crippen LogP contribution in [0.1, 0.15) is 44.7 Å². The summed E-state index contributed by atoms with van der Waals surface area (Å²) >= 11 is 0. The number of piperidine rings is 1. The monoisotopic (exact) mass is 504 g/mol. The van der Waals surface area contributed by atoms with E-state index in [4.69, 9.17) is 4.74 Å². The molecule has 1 N–H and O–H groups in total. The van der Waals surface area contributed by atoms with Gasteiger partial charge in [-0.25, -0.2) is 9.80 Å². The number of alkyl carbamates (subject to hydrolysis) is 1. The summed E-state index contributed by atoms with van der Waals surface area (Å²) in [5, 5.41) is 8.74. The highest BCUT2D eigenvalue weighted by Crippen LogP contribution is 2.38. The van der Waals surface area contributed by atoms with E-state index in [9.17, 15) is 14.4 Å². The molecule has 2 aliphatic heterocycles. The number of hydrazone groups is 1. The van der Waals surface area contributed by atoms with Gasteiger partial charge in [-0.15, -0.1) is 0 Å². The van der Waals surface area contributed by atoms with Crippen molar-refractivity contribution in [3.05, 3.63) is 71.8 Å². The predicted molar refractivity (Wildman–Crippen MR) is 142 cm³/mol. The first-order valence-electron chi connectivity index (χ1n) is 12.8. The number of aryl methyl sites for hydroxylation is 1. The first-order chi connectivity index (χ1) is 17.6. The van der Waals surface area contributed by atoms with Gasteiger partial charge in [0.05, 0.1) is 5.71 Å². The number of ether oxygens (including phenoxy) is 1. The second-order valence-corrected chi connectivity index (χ2v) is 10.9.